The fourth-order valence-corrected chi connectivity index (χ4v) is 5.43. The summed E-state index contributed by atoms with van der Waals surface area (Å²) in [5.41, 5.74) is 0.743. The van der Waals surface area contributed by atoms with Crippen molar-refractivity contribution in [1.82, 2.24) is 15.3 Å². The Balaban J connectivity index is 1.15. The van der Waals surface area contributed by atoms with Crippen LogP contribution in [0.15, 0.2) is 52.0 Å². The molecule has 1 atom stereocenters. The number of anilines is 2. The van der Waals surface area contributed by atoms with Crippen molar-refractivity contribution in [1.29, 1.82) is 0 Å². The summed E-state index contributed by atoms with van der Waals surface area (Å²) in [4.78, 5) is 25.7. The third-order valence-electron chi connectivity index (χ3n) is 6.71. The second kappa shape index (κ2) is 11.9. The molecular formula is C27H30F3N5O3S. The van der Waals surface area contributed by atoms with Crippen molar-refractivity contribution in [2.75, 3.05) is 49.1 Å². The minimum absolute atomic E-state index is 0.0650. The van der Waals surface area contributed by atoms with Crippen LogP contribution in [0.2, 0.25) is 0 Å². The molecule has 8 nitrogen and oxygen atoms in total. The van der Waals surface area contributed by atoms with Crippen LogP contribution in [0, 0.1) is 6.92 Å². The number of aromatic nitrogens is 2. The summed E-state index contributed by atoms with van der Waals surface area (Å²) in [5, 5.41) is 3.44. The average molecular weight is 562 g/mol. The van der Waals surface area contributed by atoms with Gasteiger partial charge in [0.05, 0.1) is 17.4 Å². The van der Waals surface area contributed by atoms with Crippen LogP contribution < -0.4 is 15.1 Å². The van der Waals surface area contributed by atoms with E-state index in [0.29, 0.717) is 55.1 Å². The molecule has 0 unspecified atom stereocenters. The van der Waals surface area contributed by atoms with Crippen molar-refractivity contribution >= 4 is 29.2 Å². The molecule has 2 aliphatic rings. The first-order valence-corrected chi connectivity index (χ1v) is 13.9. The third kappa shape index (κ3) is 7.04. The first-order chi connectivity index (χ1) is 18.7. The highest BCUT2D eigenvalue weighted by Crippen LogP contribution is 2.32. The van der Waals surface area contributed by atoms with Crippen molar-refractivity contribution in [2.24, 2.45) is 0 Å². The van der Waals surface area contributed by atoms with Gasteiger partial charge in [-0.2, -0.15) is 13.2 Å². The molecule has 2 aliphatic heterocycles. The van der Waals surface area contributed by atoms with E-state index in [1.807, 2.05) is 17.9 Å². The summed E-state index contributed by atoms with van der Waals surface area (Å²) in [6.07, 6.45) is -2.33. The van der Waals surface area contributed by atoms with Crippen LogP contribution in [-0.4, -0.2) is 61.3 Å². The Morgan fingerprint density at radius 1 is 1.10 bits per heavy atom. The maximum atomic E-state index is 13.1. The molecule has 0 saturated carbocycles. The lowest BCUT2D eigenvalue weighted by Gasteiger charge is -2.37. The summed E-state index contributed by atoms with van der Waals surface area (Å²) in [6, 6.07) is 10.8. The van der Waals surface area contributed by atoms with Gasteiger partial charge in [0.25, 0.3) is 5.91 Å². The maximum absolute atomic E-state index is 13.1. The van der Waals surface area contributed by atoms with E-state index in [2.05, 4.69) is 15.2 Å². The van der Waals surface area contributed by atoms with E-state index < -0.39 is 11.7 Å². The maximum Gasteiger partial charge on any atom is 0.416 e. The Kier molecular flexibility index (Phi) is 8.31. The number of carbonyl (C=O) groups excluding carboxylic acids is 1. The van der Waals surface area contributed by atoms with Gasteiger partial charge in [-0.15, -0.1) is 0 Å². The number of alkyl halides is 3. The number of thioether (sulfide) groups is 1. The number of rotatable bonds is 8. The fourth-order valence-electron chi connectivity index (χ4n) is 4.64. The van der Waals surface area contributed by atoms with Gasteiger partial charge in [-0.3, -0.25) is 4.79 Å². The highest BCUT2D eigenvalue weighted by Gasteiger charge is 2.31. The highest BCUT2D eigenvalue weighted by atomic mass is 32.2. The molecule has 0 bridgehead atoms. The van der Waals surface area contributed by atoms with Gasteiger partial charge in [0.15, 0.2) is 10.9 Å². The summed E-state index contributed by atoms with van der Waals surface area (Å²) < 4.78 is 50.6. The molecule has 0 aliphatic carbocycles. The highest BCUT2D eigenvalue weighted by molar-refractivity contribution is 7.98. The van der Waals surface area contributed by atoms with E-state index in [4.69, 9.17) is 14.1 Å². The number of piperazine rings is 1. The molecular weight excluding hydrogens is 531 g/mol. The van der Waals surface area contributed by atoms with E-state index >= 15 is 0 Å². The number of aryl methyl sites for hydroxylation is 1. The van der Waals surface area contributed by atoms with Gasteiger partial charge < -0.3 is 24.3 Å². The number of hydrogen-bond donors (Lipinski definition) is 1. The number of nitrogens with zero attached hydrogens (tertiary/aromatic N) is 4. The summed E-state index contributed by atoms with van der Waals surface area (Å²) in [5.74, 6) is 1.88. The minimum atomic E-state index is -4.36. The molecule has 0 spiro atoms. The van der Waals surface area contributed by atoms with Gasteiger partial charge in [-0.1, -0.05) is 17.8 Å². The van der Waals surface area contributed by atoms with E-state index in [1.54, 1.807) is 18.2 Å². The number of amides is 1. The molecule has 1 aromatic carbocycles. The van der Waals surface area contributed by atoms with Gasteiger partial charge in [-0.25, -0.2) is 9.97 Å². The van der Waals surface area contributed by atoms with Crippen molar-refractivity contribution in [3.63, 3.8) is 0 Å². The number of carbonyl (C=O) groups is 1. The molecule has 2 aromatic heterocycles. The first kappa shape index (κ1) is 27.3. The quantitative estimate of drug-likeness (QED) is 0.307. The summed E-state index contributed by atoms with van der Waals surface area (Å²) in [7, 11) is 0. The third-order valence-corrected chi connectivity index (χ3v) is 7.58. The Bertz CT molecular complexity index is 1290. The SMILES string of the molecule is Cc1cc(N2CCN(c3cccc(C(F)(F)F)c3)CC2)nc(SCc2ccc(C(=O)NC[C@@H]3CCCO3)o2)n1. The van der Waals surface area contributed by atoms with Crippen LogP contribution in [0.3, 0.4) is 0 Å². The summed E-state index contributed by atoms with van der Waals surface area (Å²) >= 11 is 1.41. The Labute approximate surface area is 228 Å². The first-order valence-electron chi connectivity index (χ1n) is 12.9. The van der Waals surface area contributed by atoms with Crippen LogP contribution in [0.25, 0.3) is 0 Å². The van der Waals surface area contributed by atoms with Gasteiger partial charge >= 0.3 is 6.18 Å². The lowest BCUT2D eigenvalue weighted by Crippen LogP contribution is -2.47. The number of furan rings is 1. The smallest absolute Gasteiger partial charge is 0.416 e. The largest absolute Gasteiger partial charge is 0.455 e. The van der Waals surface area contributed by atoms with Crippen molar-refractivity contribution in [3.05, 3.63) is 65.2 Å². The Morgan fingerprint density at radius 2 is 1.90 bits per heavy atom. The molecule has 1 N–H and O–H groups in total. The van der Waals surface area contributed by atoms with Crippen LogP contribution in [0.4, 0.5) is 24.7 Å². The molecule has 4 heterocycles. The molecule has 1 amide bonds. The summed E-state index contributed by atoms with van der Waals surface area (Å²) in [6.45, 7) is 5.52. The van der Waals surface area contributed by atoms with Gasteiger partial charge in [-0.05, 0) is 50.1 Å². The van der Waals surface area contributed by atoms with Gasteiger partial charge in [0, 0.05) is 56.8 Å². The standard InChI is InChI=1S/C27H30F3N5O3S/c1-18-14-24(35-11-9-34(10-12-35)20-5-2-4-19(15-20)27(28,29)30)33-26(32-18)39-17-22-7-8-23(38-22)25(36)31-16-21-6-3-13-37-21/h2,4-5,7-8,14-15,21H,3,6,9-13,16-17H2,1H3,(H,31,36)/t21-/m0/s1. The Hall–Kier alpha value is -3.25. The molecule has 12 heteroatoms. The van der Waals surface area contributed by atoms with E-state index in [0.717, 1.165) is 37.0 Å². The van der Waals surface area contributed by atoms with Crippen LogP contribution in [0.5, 0.6) is 0 Å². The molecule has 39 heavy (non-hydrogen) atoms. The Morgan fingerprint density at radius 3 is 2.64 bits per heavy atom. The van der Waals surface area contributed by atoms with Crippen molar-refractivity contribution in [3.8, 4) is 0 Å². The zero-order valence-corrected chi connectivity index (χ0v) is 22.4. The minimum Gasteiger partial charge on any atom is -0.455 e. The normalized spacial score (nSPS) is 18.0. The molecule has 3 aromatic rings. The lowest BCUT2D eigenvalue weighted by molar-refractivity contribution is -0.137. The van der Waals surface area contributed by atoms with E-state index in [1.165, 1.54) is 23.9 Å². The second-order valence-corrected chi connectivity index (χ2v) is 10.5. The average Bonchev–Trinajstić information content (AvgIpc) is 3.63. The number of ether oxygens (including phenoxy) is 1. The monoisotopic (exact) mass is 561 g/mol. The zero-order valence-electron chi connectivity index (χ0n) is 21.5. The van der Waals surface area contributed by atoms with Gasteiger partial charge in [0.1, 0.15) is 11.6 Å². The second-order valence-electron chi connectivity index (χ2n) is 9.57. The zero-order chi connectivity index (χ0) is 27.4. The lowest BCUT2D eigenvalue weighted by atomic mass is 10.1. The number of benzene rings is 1. The van der Waals surface area contributed by atoms with Crippen LogP contribution in [-0.2, 0) is 16.7 Å². The molecule has 208 valence electrons. The number of hydrogen-bond acceptors (Lipinski definition) is 8. The van der Waals surface area contributed by atoms with E-state index in [9.17, 15) is 18.0 Å². The fraction of sp³-hybridized carbons (Fsp3) is 0.444. The van der Waals surface area contributed by atoms with Gasteiger partial charge in [0.2, 0.25) is 0 Å². The number of halogens is 3. The molecule has 5 rings (SSSR count). The van der Waals surface area contributed by atoms with Crippen LogP contribution in [0.1, 0.15) is 40.4 Å². The predicted molar refractivity (Wildman–Crippen MR) is 142 cm³/mol. The molecule has 0 radical (unpaired) electrons. The predicted octanol–water partition coefficient (Wildman–Crippen LogP) is 4.92. The van der Waals surface area contributed by atoms with E-state index in [-0.39, 0.29) is 17.8 Å². The van der Waals surface area contributed by atoms with Crippen molar-refractivity contribution < 1.29 is 27.1 Å². The molecule has 2 fully saturated rings. The van der Waals surface area contributed by atoms with Crippen molar-refractivity contribution in [2.45, 2.75) is 43.0 Å². The molecule has 2 saturated heterocycles. The topological polar surface area (TPSA) is 83.7 Å². The number of nitrogens with one attached hydrogen (secondary N) is 1. The van der Waals surface area contributed by atoms with Crippen LogP contribution >= 0.6 is 11.8 Å².